The van der Waals surface area contributed by atoms with E-state index in [1.807, 2.05) is 19.6 Å². The van der Waals surface area contributed by atoms with E-state index >= 15 is 0 Å². The fourth-order valence-electron chi connectivity index (χ4n) is 3.77. The van der Waals surface area contributed by atoms with Crippen LogP contribution in [0.4, 0.5) is 0 Å². The second-order valence-corrected chi connectivity index (χ2v) is 7.33. The molecule has 1 aromatic carbocycles. The Morgan fingerprint density at radius 2 is 2.07 bits per heavy atom. The number of aromatic nitrogens is 2. The molecule has 0 aliphatic carbocycles. The lowest BCUT2D eigenvalue weighted by molar-refractivity contribution is 0.188. The minimum absolute atomic E-state index is 0. The Balaban J connectivity index is 0.00000280. The smallest absolute Gasteiger partial charge is 0.193 e. The highest BCUT2D eigenvalue weighted by Gasteiger charge is 2.28. The average Bonchev–Trinajstić information content (AvgIpc) is 3.19. The van der Waals surface area contributed by atoms with Gasteiger partial charge in [0.25, 0.3) is 0 Å². The highest BCUT2D eigenvalue weighted by Crippen LogP contribution is 2.27. The predicted octanol–water partition coefficient (Wildman–Crippen LogP) is 3.66. The third-order valence-electron chi connectivity index (χ3n) is 5.38. The Hall–Kier alpha value is -1.77. The summed E-state index contributed by atoms with van der Waals surface area (Å²) in [6.07, 6.45) is 6.96. The van der Waals surface area contributed by atoms with Crippen molar-refractivity contribution >= 4 is 29.9 Å². The van der Waals surface area contributed by atoms with Gasteiger partial charge in [-0.05, 0) is 37.3 Å². The number of aliphatic imine (C=N–C) groups is 1. The van der Waals surface area contributed by atoms with Crippen LogP contribution in [0.25, 0.3) is 0 Å². The molecule has 0 spiro atoms. The number of nitrogens with zero attached hydrogens (tertiary/aromatic N) is 4. The lowest BCUT2D eigenvalue weighted by Crippen LogP contribution is -2.49. The minimum atomic E-state index is 0. The number of hydrogen-bond acceptors (Lipinski definition) is 3. The summed E-state index contributed by atoms with van der Waals surface area (Å²) in [7, 11) is 1.85. The lowest BCUT2D eigenvalue weighted by atomic mass is 9.93. The van der Waals surface area contributed by atoms with Gasteiger partial charge in [0.05, 0.1) is 18.9 Å². The van der Waals surface area contributed by atoms with Crippen molar-refractivity contribution in [2.45, 2.75) is 33.2 Å². The first-order valence-electron chi connectivity index (χ1n) is 9.72. The monoisotopic (exact) mass is 497 g/mol. The molecule has 2 aromatic rings. The van der Waals surface area contributed by atoms with Gasteiger partial charge in [-0.15, -0.1) is 24.0 Å². The summed E-state index contributed by atoms with van der Waals surface area (Å²) in [5, 5.41) is 3.46. The fourth-order valence-corrected chi connectivity index (χ4v) is 3.77. The molecule has 1 aromatic heterocycles. The molecule has 6 nitrogen and oxygen atoms in total. The summed E-state index contributed by atoms with van der Waals surface area (Å²) in [6, 6.07) is 6.65. The van der Waals surface area contributed by atoms with Gasteiger partial charge in [0, 0.05) is 32.5 Å². The highest BCUT2D eigenvalue weighted by molar-refractivity contribution is 14.0. The van der Waals surface area contributed by atoms with Crippen LogP contribution in [0, 0.1) is 19.8 Å². The van der Waals surface area contributed by atoms with E-state index in [4.69, 9.17) is 4.74 Å². The second kappa shape index (κ2) is 10.7. The molecule has 28 heavy (non-hydrogen) atoms. The lowest BCUT2D eigenvalue weighted by Gasteiger charge is -2.39. The van der Waals surface area contributed by atoms with Gasteiger partial charge >= 0.3 is 0 Å². The van der Waals surface area contributed by atoms with Gasteiger partial charge in [-0.3, -0.25) is 4.99 Å². The number of benzene rings is 1. The van der Waals surface area contributed by atoms with E-state index in [2.05, 4.69) is 69.9 Å². The molecule has 7 heteroatoms. The summed E-state index contributed by atoms with van der Waals surface area (Å²) in [5.74, 6) is 2.55. The first-order chi connectivity index (χ1) is 13.1. The largest absolute Gasteiger partial charge is 0.491 e. The maximum Gasteiger partial charge on any atom is 0.193 e. The zero-order valence-electron chi connectivity index (χ0n) is 17.3. The first-order valence-corrected chi connectivity index (χ1v) is 9.72. The summed E-state index contributed by atoms with van der Waals surface area (Å²) in [5.41, 5.74) is 2.35. The summed E-state index contributed by atoms with van der Waals surface area (Å²) >= 11 is 0. The van der Waals surface area contributed by atoms with Crippen LogP contribution in [-0.2, 0) is 0 Å². The van der Waals surface area contributed by atoms with Crippen LogP contribution in [0.3, 0.4) is 0 Å². The zero-order valence-corrected chi connectivity index (χ0v) is 19.6. The van der Waals surface area contributed by atoms with Crippen molar-refractivity contribution in [2.75, 3.05) is 33.3 Å². The van der Waals surface area contributed by atoms with E-state index in [1.165, 1.54) is 11.1 Å². The number of ether oxygens (including phenoxy) is 1. The quantitative estimate of drug-likeness (QED) is 0.297. The van der Waals surface area contributed by atoms with Gasteiger partial charge in [0.15, 0.2) is 5.96 Å². The van der Waals surface area contributed by atoms with Crippen molar-refractivity contribution in [1.29, 1.82) is 0 Å². The topological polar surface area (TPSA) is 54.7 Å². The van der Waals surface area contributed by atoms with E-state index in [-0.39, 0.29) is 24.0 Å². The minimum Gasteiger partial charge on any atom is -0.491 e. The summed E-state index contributed by atoms with van der Waals surface area (Å²) in [4.78, 5) is 11.0. The Bertz CT molecular complexity index is 742. The Kier molecular flexibility index (Phi) is 8.59. The molecule has 0 radical (unpaired) electrons. The molecular formula is C21H32IN5O. The number of aryl methyl sites for hydroxylation is 2. The Morgan fingerprint density at radius 3 is 2.71 bits per heavy atom. The van der Waals surface area contributed by atoms with E-state index < -0.39 is 0 Å². The van der Waals surface area contributed by atoms with E-state index in [0.29, 0.717) is 18.6 Å². The number of likely N-dealkylation sites (tertiary alicyclic amines) is 1. The number of piperidine rings is 1. The van der Waals surface area contributed by atoms with Gasteiger partial charge in [-0.25, -0.2) is 4.98 Å². The number of para-hydroxylation sites is 1. The van der Waals surface area contributed by atoms with Crippen LogP contribution in [0.15, 0.2) is 41.9 Å². The van der Waals surface area contributed by atoms with Gasteiger partial charge in [-0.1, -0.05) is 25.1 Å². The number of imidazole rings is 1. The van der Waals surface area contributed by atoms with Crippen LogP contribution in [0.2, 0.25) is 0 Å². The number of halogens is 1. The number of guanidine groups is 1. The standard InChI is InChI=1S/C21H31N5O.HI/c1-16-8-11-25(14-19(16)26-12-9-23-15-26)21(22-4)24-10-13-27-20-17(2)6-5-7-18(20)3;/h5-7,9,12,15-16,19H,8,10-11,13-14H2,1-4H3,(H,22,24);1H. The Morgan fingerprint density at radius 1 is 1.32 bits per heavy atom. The summed E-state index contributed by atoms with van der Waals surface area (Å²) < 4.78 is 8.21. The third-order valence-corrected chi connectivity index (χ3v) is 5.38. The normalized spacial score (nSPS) is 19.9. The first kappa shape index (κ1) is 22.5. The average molecular weight is 497 g/mol. The molecule has 1 aliphatic rings. The van der Waals surface area contributed by atoms with Crippen molar-refractivity contribution in [3.8, 4) is 5.75 Å². The molecule has 2 unspecified atom stereocenters. The highest BCUT2D eigenvalue weighted by atomic mass is 127. The van der Waals surface area contributed by atoms with Crippen LogP contribution in [-0.4, -0.2) is 53.7 Å². The van der Waals surface area contributed by atoms with Crippen molar-refractivity contribution in [1.82, 2.24) is 19.8 Å². The molecule has 2 atom stereocenters. The van der Waals surface area contributed by atoms with Gasteiger partial charge in [-0.2, -0.15) is 0 Å². The van der Waals surface area contributed by atoms with Gasteiger partial charge < -0.3 is 19.5 Å². The fraction of sp³-hybridized carbons (Fsp3) is 0.524. The maximum atomic E-state index is 6.00. The molecule has 0 saturated carbocycles. The van der Waals surface area contributed by atoms with Crippen molar-refractivity contribution in [3.05, 3.63) is 48.0 Å². The van der Waals surface area contributed by atoms with Crippen LogP contribution in [0.1, 0.15) is 30.5 Å². The molecule has 3 rings (SSSR count). The molecule has 1 saturated heterocycles. The van der Waals surface area contributed by atoms with Crippen molar-refractivity contribution in [2.24, 2.45) is 10.9 Å². The Labute approximate surface area is 185 Å². The van der Waals surface area contributed by atoms with E-state index in [0.717, 1.165) is 37.8 Å². The zero-order chi connectivity index (χ0) is 19.2. The van der Waals surface area contributed by atoms with Crippen LogP contribution < -0.4 is 10.1 Å². The molecule has 0 bridgehead atoms. The molecule has 1 fully saturated rings. The van der Waals surface area contributed by atoms with Crippen molar-refractivity contribution < 1.29 is 4.74 Å². The van der Waals surface area contributed by atoms with Gasteiger partial charge in [0.1, 0.15) is 12.4 Å². The third kappa shape index (κ3) is 5.40. The molecule has 1 aliphatic heterocycles. The number of rotatable bonds is 5. The molecular weight excluding hydrogens is 465 g/mol. The number of nitrogens with one attached hydrogen (secondary N) is 1. The predicted molar refractivity (Wildman–Crippen MR) is 125 cm³/mol. The summed E-state index contributed by atoms with van der Waals surface area (Å²) in [6.45, 7) is 9.77. The molecule has 0 amide bonds. The SMILES string of the molecule is CN=C(NCCOc1c(C)cccc1C)N1CCC(C)C(n2ccnc2)C1.I. The van der Waals surface area contributed by atoms with E-state index in [9.17, 15) is 0 Å². The van der Waals surface area contributed by atoms with Gasteiger partial charge in [0.2, 0.25) is 0 Å². The van der Waals surface area contributed by atoms with E-state index in [1.54, 1.807) is 0 Å². The van der Waals surface area contributed by atoms with Crippen molar-refractivity contribution in [3.63, 3.8) is 0 Å². The maximum absolute atomic E-state index is 6.00. The molecule has 2 heterocycles. The van der Waals surface area contributed by atoms with Crippen LogP contribution in [0.5, 0.6) is 5.75 Å². The number of hydrogen-bond donors (Lipinski definition) is 1. The molecule has 154 valence electrons. The second-order valence-electron chi connectivity index (χ2n) is 7.33. The molecule has 1 N–H and O–H groups in total. The van der Waals surface area contributed by atoms with Crippen LogP contribution >= 0.6 is 24.0 Å².